The summed E-state index contributed by atoms with van der Waals surface area (Å²) in [6.45, 7) is 0. The fourth-order valence-corrected chi connectivity index (χ4v) is 4.02. The maximum absolute atomic E-state index is 14.0. The van der Waals surface area contributed by atoms with Crippen molar-refractivity contribution in [3.63, 3.8) is 0 Å². The second-order valence-corrected chi connectivity index (χ2v) is 8.42. The van der Waals surface area contributed by atoms with Crippen LogP contribution < -0.4 is 10.6 Å². The molecule has 1 aliphatic carbocycles. The fourth-order valence-electron chi connectivity index (χ4n) is 4.02. The van der Waals surface area contributed by atoms with E-state index < -0.39 is 0 Å². The largest absolute Gasteiger partial charge is 0.354 e. The van der Waals surface area contributed by atoms with Crippen molar-refractivity contribution in [2.24, 2.45) is 5.92 Å². The van der Waals surface area contributed by atoms with Crippen LogP contribution in [0.4, 0.5) is 15.8 Å². The van der Waals surface area contributed by atoms with Crippen molar-refractivity contribution in [3.8, 4) is 11.3 Å². The lowest BCUT2D eigenvalue weighted by Gasteiger charge is -2.09. The molecular formula is C27H24FN3O2. The van der Waals surface area contributed by atoms with Crippen molar-refractivity contribution in [2.75, 3.05) is 10.6 Å². The van der Waals surface area contributed by atoms with Crippen LogP contribution in [0, 0.1) is 11.7 Å². The van der Waals surface area contributed by atoms with Gasteiger partial charge in [-0.25, -0.2) is 4.39 Å². The first-order valence-electron chi connectivity index (χ1n) is 11.1. The van der Waals surface area contributed by atoms with Gasteiger partial charge in [-0.1, -0.05) is 30.3 Å². The number of carbonyl (C=O) groups is 2. The van der Waals surface area contributed by atoms with Crippen molar-refractivity contribution in [2.45, 2.75) is 25.7 Å². The highest BCUT2D eigenvalue weighted by atomic mass is 19.1. The first kappa shape index (κ1) is 20.9. The van der Waals surface area contributed by atoms with Crippen LogP contribution in [0.25, 0.3) is 22.2 Å². The first-order valence-corrected chi connectivity index (χ1v) is 11.1. The Morgan fingerprint density at radius 1 is 0.909 bits per heavy atom. The molecule has 3 N–H and O–H groups in total. The number of aromatic nitrogens is 1. The standard InChI is InChI=1S/C27H24FN3O2/c28-19-8-14-24-23(16-19)22(26(31-24)17-4-2-1-3-5-17)13-15-25(32)29-20-9-11-21(12-10-20)30-27(33)18-6-7-18/h1-5,8-12,14,16,18,31H,6-7,13,15H2,(H,29,32)(H,30,33). The van der Waals surface area contributed by atoms with E-state index in [0.29, 0.717) is 12.1 Å². The van der Waals surface area contributed by atoms with Crippen LogP contribution in [0.1, 0.15) is 24.8 Å². The van der Waals surface area contributed by atoms with E-state index in [-0.39, 0.29) is 30.0 Å². The molecule has 2 amide bonds. The molecule has 5 rings (SSSR count). The highest BCUT2D eigenvalue weighted by Crippen LogP contribution is 2.32. The summed E-state index contributed by atoms with van der Waals surface area (Å²) in [5.41, 5.74) is 5.04. The molecule has 0 radical (unpaired) electrons. The predicted molar refractivity (Wildman–Crippen MR) is 128 cm³/mol. The Morgan fingerprint density at radius 2 is 1.61 bits per heavy atom. The topological polar surface area (TPSA) is 74.0 Å². The molecule has 1 saturated carbocycles. The third-order valence-corrected chi connectivity index (χ3v) is 5.92. The third-order valence-electron chi connectivity index (χ3n) is 5.92. The second kappa shape index (κ2) is 8.90. The van der Waals surface area contributed by atoms with Gasteiger partial charge in [0.05, 0.1) is 0 Å². The van der Waals surface area contributed by atoms with Gasteiger partial charge in [0.15, 0.2) is 0 Å². The van der Waals surface area contributed by atoms with Gasteiger partial charge in [-0.3, -0.25) is 9.59 Å². The van der Waals surface area contributed by atoms with E-state index in [9.17, 15) is 14.0 Å². The zero-order chi connectivity index (χ0) is 22.8. The molecule has 0 spiro atoms. The van der Waals surface area contributed by atoms with Crippen molar-refractivity contribution in [3.05, 3.63) is 84.2 Å². The van der Waals surface area contributed by atoms with E-state index >= 15 is 0 Å². The highest BCUT2D eigenvalue weighted by molar-refractivity contribution is 5.96. The van der Waals surface area contributed by atoms with Gasteiger partial charge in [0.25, 0.3) is 0 Å². The summed E-state index contributed by atoms with van der Waals surface area (Å²) in [6.07, 6.45) is 2.63. The molecule has 0 bridgehead atoms. The summed E-state index contributed by atoms with van der Waals surface area (Å²) in [5, 5.41) is 6.58. The molecule has 5 nitrogen and oxygen atoms in total. The SMILES string of the molecule is O=C(CCc1c(-c2ccccc2)[nH]c2ccc(F)cc12)Nc1ccc(NC(=O)C2CC2)cc1. The summed E-state index contributed by atoms with van der Waals surface area (Å²) in [5.74, 6) is -0.241. The number of amides is 2. The van der Waals surface area contributed by atoms with Gasteiger partial charge in [-0.05, 0) is 72.9 Å². The molecule has 166 valence electrons. The number of fused-ring (bicyclic) bond motifs is 1. The van der Waals surface area contributed by atoms with Crippen LogP contribution in [0.5, 0.6) is 0 Å². The molecule has 4 aromatic rings. The second-order valence-electron chi connectivity index (χ2n) is 8.42. The summed E-state index contributed by atoms with van der Waals surface area (Å²) in [4.78, 5) is 27.9. The average Bonchev–Trinajstić information content (AvgIpc) is 3.62. The van der Waals surface area contributed by atoms with Gasteiger partial charge in [-0.2, -0.15) is 0 Å². The minimum Gasteiger partial charge on any atom is -0.354 e. The molecule has 3 aromatic carbocycles. The molecule has 0 unspecified atom stereocenters. The Balaban J connectivity index is 1.28. The van der Waals surface area contributed by atoms with Crippen molar-refractivity contribution in [1.29, 1.82) is 0 Å². The van der Waals surface area contributed by atoms with Crippen LogP contribution >= 0.6 is 0 Å². The van der Waals surface area contributed by atoms with Crippen LogP contribution in [-0.4, -0.2) is 16.8 Å². The summed E-state index contributed by atoms with van der Waals surface area (Å²) < 4.78 is 14.0. The van der Waals surface area contributed by atoms with Crippen LogP contribution in [-0.2, 0) is 16.0 Å². The van der Waals surface area contributed by atoms with E-state index in [2.05, 4.69) is 15.6 Å². The molecule has 0 saturated heterocycles. The minimum absolute atomic E-state index is 0.0520. The maximum Gasteiger partial charge on any atom is 0.227 e. The number of hydrogen-bond donors (Lipinski definition) is 3. The quantitative estimate of drug-likeness (QED) is 0.334. The Bertz CT molecular complexity index is 1310. The van der Waals surface area contributed by atoms with Crippen molar-refractivity contribution < 1.29 is 14.0 Å². The number of halogens is 1. The molecule has 0 atom stereocenters. The van der Waals surface area contributed by atoms with Crippen LogP contribution in [0.2, 0.25) is 0 Å². The summed E-state index contributed by atoms with van der Waals surface area (Å²) in [7, 11) is 0. The van der Waals surface area contributed by atoms with E-state index in [1.165, 1.54) is 12.1 Å². The van der Waals surface area contributed by atoms with Crippen molar-refractivity contribution >= 4 is 34.1 Å². The minimum atomic E-state index is -0.305. The first-order chi connectivity index (χ1) is 16.1. The monoisotopic (exact) mass is 441 g/mol. The Kier molecular flexibility index (Phi) is 5.65. The smallest absolute Gasteiger partial charge is 0.227 e. The van der Waals surface area contributed by atoms with Crippen molar-refractivity contribution in [1.82, 2.24) is 4.98 Å². The third kappa shape index (κ3) is 4.80. The number of H-pyrrole nitrogens is 1. The Hall–Kier alpha value is -3.93. The molecule has 33 heavy (non-hydrogen) atoms. The Morgan fingerprint density at radius 3 is 2.30 bits per heavy atom. The molecule has 6 heteroatoms. The molecule has 1 aliphatic rings. The van der Waals surface area contributed by atoms with E-state index in [1.54, 1.807) is 30.3 Å². The number of hydrogen-bond acceptors (Lipinski definition) is 2. The number of aromatic amines is 1. The number of rotatable bonds is 7. The van der Waals surface area contributed by atoms with Gasteiger partial charge >= 0.3 is 0 Å². The van der Waals surface area contributed by atoms with Gasteiger partial charge in [0.1, 0.15) is 5.82 Å². The summed E-state index contributed by atoms with van der Waals surface area (Å²) in [6, 6.07) is 21.6. The summed E-state index contributed by atoms with van der Waals surface area (Å²) >= 11 is 0. The van der Waals surface area contributed by atoms with Gasteiger partial charge in [-0.15, -0.1) is 0 Å². The maximum atomic E-state index is 14.0. The molecule has 1 fully saturated rings. The fraction of sp³-hybridized carbons (Fsp3) is 0.185. The molecule has 1 heterocycles. The van der Waals surface area contributed by atoms with Gasteiger partial charge in [0.2, 0.25) is 11.8 Å². The highest BCUT2D eigenvalue weighted by Gasteiger charge is 2.29. The zero-order valence-corrected chi connectivity index (χ0v) is 18.0. The van der Waals surface area contributed by atoms with E-state index in [0.717, 1.165) is 46.3 Å². The molecular weight excluding hydrogens is 417 g/mol. The molecule has 0 aliphatic heterocycles. The normalized spacial score (nSPS) is 13.1. The van der Waals surface area contributed by atoms with Gasteiger partial charge < -0.3 is 15.6 Å². The van der Waals surface area contributed by atoms with Crippen LogP contribution in [0.15, 0.2) is 72.8 Å². The number of nitrogens with one attached hydrogen (secondary N) is 3. The van der Waals surface area contributed by atoms with E-state index in [1.807, 2.05) is 30.3 Å². The zero-order valence-electron chi connectivity index (χ0n) is 18.0. The molecule has 1 aromatic heterocycles. The van der Waals surface area contributed by atoms with Gasteiger partial charge in [0, 0.05) is 40.3 Å². The number of benzene rings is 3. The lowest BCUT2D eigenvalue weighted by molar-refractivity contribution is -0.117. The number of anilines is 2. The predicted octanol–water partition coefficient (Wildman–Crippen LogP) is 5.89. The number of carbonyl (C=O) groups excluding carboxylic acids is 2. The lowest BCUT2D eigenvalue weighted by atomic mass is 10.0. The van der Waals surface area contributed by atoms with Crippen LogP contribution in [0.3, 0.4) is 0 Å². The van der Waals surface area contributed by atoms with E-state index in [4.69, 9.17) is 0 Å². The number of aryl methyl sites for hydroxylation is 1. The average molecular weight is 442 g/mol. The Labute approximate surface area is 191 Å². The lowest BCUT2D eigenvalue weighted by Crippen LogP contribution is -2.14.